The molecular formula is C12H23N3Si. The van der Waals surface area contributed by atoms with Crippen LogP contribution < -0.4 is 0 Å². The largest absolute Gasteiger partial charge is 0.256 e. The van der Waals surface area contributed by atoms with Gasteiger partial charge < -0.3 is 0 Å². The maximum Gasteiger partial charge on any atom is 0.137 e. The second-order valence-corrected chi connectivity index (χ2v) is 10.1. The van der Waals surface area contributed by atoms with Crippen molar-refractivity contribution in [2.45, 2.75) is 63.3 Å². The van der Waals surface area contributed by atoms with Crippen LogP contribution in [-0.4, -0.2) is 22.8 Å². The summed E-state index contributed by atoms with van der Waals surface area (Å²) in [5, 5.41) is 4.29. The fourth-order valence-corrected chi connectivity index (χ4v) is 8.10. The summed E-state index contributed by atoms with van der Waals surface area (Å²) >= 11 is 0. The molecular weight excluding hydrogens is 214 g/mol. The van der Waals surface area contributed by atoms with Crippen molar-refractivity contribution in [2.75, 3.05) is 0 Å². The van der Waals surface area contributed by atoms with E-state index in [-0.39, 0.29) is 0 Å². The van der Waals surface area contributed by atoms with Gasteiger partial charge in [-0.2, -0.15) is 5.10 Å². The van der Waals surface area contributed by atoms with Crippen molar-refractivity contribution < 1.29 is 0 Å². The van der Waals surface area contributed by atoms with Crippen LogP contribution in [0, 0.1) is 0 Å². The minimum absolute atomic E-state index is 1.01. The lowest BCUT2D eigenvalue weighted by molar-refractivity contribution is 0.697. The lowest BCUT2D eigenvalue weighted by Crippen LogP contribution is -2.36. The number of rotatable bonds is 6. The van der Waals surface area contributed by atoms with E-state index in [1.807, 2.05) is 6.33 Å². The first-order chi connectivity index (χ1) is 7.85. The highest BCUT2D eigenvalue weighted by atomic mass is 28.3. The lowest BCUT2D eigenvalue weighted by Gasteiger charge is -2.26. The van der Waals surface area contributed by atoms with Gasteiger partial charge in [0.2, 0.25) is 0 Å². The normalized spacial score (nSPS) is 19.1. The van der Waals surface area contributed by atoms with Crippen LogP contribution >= 0.6 is 0 Å². The molecule has 4 heteroatoms. The molecule has 1 saturated heterocycles. The molecule has 1 aliphatic heterocycles. The minimum Gasteiger partial charge on any atom is -0.256 e. The molecule has 0 unspecified atom stereocenters. The third kappa shape index (κ3) is 2.94. The van der Waals surface area contributed by atoms with Gasteiger partial charge >= 0.3 is 0 Å². The van der Waals surface area contributed by atoms with E-state index in [0.717, 1.165) is 0 Å². The molecule has 1 aliphatic rings. The Morgan fingerprint density at radius 1 is 1.25 bits per heavy atom. The highest BCUT2D eigenvalue weighted by Crippen LogP contribution is 2.35. The number of hydrogen-bond acceptors (Lipinski definition) is 2. The molecule has 2 rings (SSSR count). The molecule has 0 saturated carbocycles. The van der Waals surface area contributed by atoms with E-state index in [1.165, 1.54) is 56.4 Å². The van der Waals surface area contributed by atoms with Crippen molar-refractivity contribution in [1.29, 1.82) is 0 Å². The Bertz CT molecular complexity index is 291. The minimum atomic E-state index is -1.01. The van der Waals surface area contributed by atoms with Crippen molar-refractivity contribution >= 4 is 8.07 Å². The molecule has 0 spiro atoms. The zero-order valence-electron chi connectivity index (χ0n) is 10.4. The van der Waals surface area contributed by atoms with Crippen molar-refractivity contribution in [1.82, 2.24) is 14.8 Å². The summed E-state index contributed by atoms with van der Waals surface area (Å²) in [6.45, 7) is 2.29. The monoisotopic (exact) mass is 237 g/mol. The summed E-state index contributed by atoms with van der Waals surface area (Å²) in [5.41, 5.74) is 0. The van der Waals surface area contributed by atoms with Crippen LogP contribution in [0.4, 0.5) is 0 Å². The lowest BCUT2D eigenvalue weighted by atomic mass is 10.3. The summed E-state index contributed by atoms with van der Waals surface area (Å²) in [5.74, 6) is 0. The number of aromatic nitrogens is 3. The Balaban J connectivity index is 1.92. The Kier molecular flexibility index (Phi) is 4.15. The van der Waals surface area contributed by atoms with Gasteiger partial charge in [0.1, 0.15) is 12.7 Å². The first kappa shape index (κ1) is 11.8. The van der Waals surface area contributed by atoms with Gasteiger partial charge in [-0.05, 0) is 0 Å². The molecule has 0 N–H and O–H groups in total. The first-order valence-corrected chi connectivity index (χ1v) is 9.50. The molecule has 3 nitrogen and oxygen atoms in total. The smallest absolute Gasteiger partial charge is 0.137 e. The highest BCUT2D eigenvalue weighted by molar-refractivity contribution is 6.79. The fourth-order valence-electron chi connectivity index (χ4n) is 3.02. The Hall–Kier alpha value is -0.643. The van der Waals surface area contributed by atoms with Gasteiger partial charge in [0.25, 0.3) is 0 Å². The Labute approximate surface area is 99.3 Å². The summed E-state index contributed by atoms with van der Waals surface area (Å²) in [6.07, 6.45) is 11.9. The van der Waals surface area contributed by atoms with Gasteiger partial charge in [-0.3, -0.25) is 4.68 Å². The van der Waals surface area contributed by atoms with E-state index >= 15 is 0 Å². The molecule has 1 aromatic rings. The Morgan fingerprint density at radius 2 is 2.06 bits per heavy atom. The second kappa shape index (κ2) is 5.62. The number of nitrogens with zero attached hydrogens (tertiary/aromatic N) is 3. The molecule has 0 aromatic carbocycles. The molecule has 0 aliphatic carbocycles. The van der Waals surface area contributed by atoms with Gasteiger partial charge in [-0.15, -0.1) is 0 Å². The predicted molar refractivity (Wildman–Crippen MR) is 69.0 cm³/mol. The fraction of sp³-hybridized carbons (Fsp3) is 0.833. The molecule has 0 bridgehead atoms. The SMILES string of the molecule is CCCCC[Si]1(Cn2cncn2)CCCC1. The summed E-state index contributed by atoms with van der Waals surface area (Å²) in [7, 11) is -1.01. The van der Waals surface area contributed by atoms with Gasteiger partial charge in [-0.1, -0.05) is 57.2 Å². The van der Waals surface area contributed by atoms with Crippen LogP contribution in [0.5, 0.6) is 0 Å². The molecule has 16 heavy (non-hydrogen) atoms. The average molecular weight is 237 g/mol. The van der Waals surface area contributed by atoms with E-state index in [9.17, 15) is 0 Å². The van der Waals surface area contributed by atoms with E-state index in [4.69, 9.17) is 0 Å². The zero-order chi connectivity index (χ0) is 11.3. The van der Waals surface area contributed by atoms with Crippen molar-refractivity contribution in [2.24, 2.45) is 0 Å². The highest BCUT2D eigenvalue weighted by Gasteiger charge is 2.36. The molecule has 1 fully saturated rings. The third-order valence-corrected chi connectivity index (χ3v) is 9.18. The van der Waals surface area contributed by atoms with E-state index in [1.54, 1.807) is 6.33 Å². The van der Waals surface area contributed by atoms with Crippen molar-refractivity contribution in [3.05, 3.63) is 12.7 Å². The standard InChI is InChI=1S/C12H23N3Si/c1-2-3-4-7-16(8-5-6-9-16)12-15-11-13-10-14-15/h10-11H,2-9,12H2,1H3. The molecule has 0 radical (unpaired) electrons. The van der Waals surface area contributed by atoms with Crippen LogP contribution in [-0.2, 0) is 6.17 Å². The zero-order valence-corrected chi connectivity index (χ0v) is 11.4. The van der Waals surface area contributed by atoms with Gasteiger partial charge in [0.15, 0.2) is 0 Å². The number of hydrogen-bond donors (Lipinski definition) is 0. The van der Waals surface area contributed by atoms with Crippen molar-refractivity contribution in [3.63, 3.8) is 0 Å². The maximum absolute atomic E-state index is 4.29. The van der Waals surface area contributed by atoms with E-state index < -0.39 is 8.07 Å². The topological polar surface area (TPSA) is 30.7 Å². The van der Waals surface area contributed by atoms with Crippen molar-refractivity contribution in [3.8, 4) is 0 Å². The van der Waals surface area contributed by atoms with Gasteiger partial charge in [-0.25, -0.2) is 4.98 Å². The molecule has 2 heterocycles. The summed E-state index contributed by atoms with van der Waals surface area (Å²) in [4.78, 5) is 4.07. The van der Waals surface area contributed by atoms with E-state index in [0.29, 0.717) is 0 Å². The van der Waals surface area contributed by atoms with Gasteiger partial charge in [0.05, 0.1) is 8.07 Å². The van der Waals surface area contributed by atoms with Gasteiger partial charge in [0, 0.05) is 6.17 Å². The first-order valence-electron chi connectivity index (χ1n) is 6.67. The predicted octanol–water partition coefficient (Wildman–Crippen LogP) is 3.25. The molecule has 1 aromatic heterocycles. The maximum atomic E-state index is 4.29. The second-order valence-electron chi connectivity index (χ2n) is 5.26. The summed E-state index contributed by atoms with van der Waals surface area (Å²) in [6, 6.07) is 4.56. The van der Waals surface area contributed by atoms with Crippen LogP contribution in [0.2, 0.25) is 18.1 Å². The van der Waals surface area contributed by atoms with E-state index in [2.05, 4.69) is 21.7 Å². The average Bonchev–Trinajstić information content (AvgIpc) is 2.91. The van der Waals surface area contributed by atoms with Crippen LogP contribution in [0.1, 0.15) is 39.0 Å². The van der Waals surface area contributed by atoms with Crippen LogP contribution in [0.3, 0.4) is 0 Å². The van der Waals surface area contributed by atoms with Crippen LogP contribution in [0.15, 0.2) is 12.7 Å². The quantitative estimate of drug-likeness (QED) is 0.561. The summed E-state index contributed by atoms with van der Waals surface area (Å²) < 4.78 is 2.09. The third-order valence-electron chi connectivity index (χ3n) is 3.94. The van der Waals surface area contributed by atoms with Crippen LogP contribution in [0.25, 0.3) is 0 Å². The molecule has 0 atom stereocenters. The Morgan fingerprint density at radius 3 is 2.69 bits per heavy atom. The molecule has 90 valence electrons. The number of unbranched alkanes of at least 4 members (excludes halogenated alkanes) is 2. The molecule has 0 amide bonds.